The molecule has 0 bridgehead atoms. The number of nitrogens with zero attached hydrogens (tertiary/aromatic N) is 1. The molecule has 0 spiro atoms. The topological polar surface area (TPSA) is 12.9 Å². The van der Waals surface area contributed by atoms with Crippen LogP contribution >= 0.6 is 31.9 Å². The zero-order valence-electron chi connectivity index (χ0n) is 5.64. The summed E-state index contributed by atoms with van der Waals surface area (Å²) in [6.07, 6.45) is 1.74. The number of pyridine rings is 1. The first-order valence-corrected chi connectivity index (χ1v) is 4.91. The number of aromatic nitrogens is 1. The van der Waals surface area contributed by atoms with Crippen LogP contribution in [0.1, 0.15) is 5.56 Å². The van der Waals surface area contributed by atoms with Crippen molar-refractivity contribution in [3.63, 3.8) is 0 Å². The monoisotopic (exact) mass is 273 g/mol. The zero-order chi connectivity index (χ0) is 8.10. The Hall–Kier alpha value is -0.330. The van der Waals surface area contributed by atoms with Crippen molar-refractivity contribution in [2.24, 2.45) is 0 Å². The standard InChI is InChI=1S/C8H5Br2N/c9-5-1-2-7-3-4-8(10)11-6-7/h3-4,6H,5H2. The van der Waals surface area contributed by atoms with Gasteiger partial charge in [-0.3, -0.25) is 0 Å². The van der Waals surface area contributed by atoms with Crippen molar-refractivity contribution in [1.82, 2.24) is 4.98 Å². The van der Waals surface area contributed by atoms with Gasteiger partial charge in [-0.15, -0.1) is 0 Å². The molecule has 0 unspecified atom stereocenters. The molecule has 0 N–H and O–H groups in total. The summed E-state index contributed by atoms with van der Waals surface area (Å²) >= 11 is 6.46. The Bertz CT molecular complexity index is 281. The molecule has 1 nitrogen and oxygen atoms in total. The molecule has 0 saturated carbocycles. The molecule has 0 amide bonds. The van der Waals surface area contributed by atoms with Crippen LogP contribution in [-0.2, 0) is 0 Å². The number of hydrogen-bond donors (Lipinski definition) is 0. The summed E-state index contributed by atoms with van der Waals surface area (Å²) < 4.78 is 0.835. The van der Waals surface area contributed by atoms with Crippen LogP contribution in [0.5, 0.6) is 0 Å². The van der Waals surface area contributed by atoms with E-state index in [2.05, 4.69) is 48.7 Å². The van der Waals surface area contributed by atoms with Gasteiger partial charge in [0.15, 0.2) is 0 Å². The Kier molecular flexibility index (Phi) is 3.61. The van der Waals surface area contributed by atoms with Crippen LogP contribution in [0.25, 0.3) is 0 Å². The molecule has 1 aromatic rings. The van der Waals surface area contributed by atoms with Crippen molar-refractivity contribution >= 4 is 31.9 Å². The molecule has 0 aliphatic carbocycles. The van der Waals surface area contributed by atoms with E-state index in [1.54, 1.807) is 6.20 Å². The van der Waals surface area contributed by atoms with E-state index in [0.717, 1.165) is 10.2 Å². The van der Waals surface area contributed by atoms with Crippen molar-refractivity contribution < 1.29 is 0 Å². The van der Waals surface area contributed by atoms with E-state index in [1.807, 2.05) is 12.1 Å². The van der Waals surface area contributed by atoms with Crippen LogP contribution in [0.4, 0.5) is 0 Å². The summed E-state index contributed by atoms with van der Waals surface area (Å²) in [6, 6.07) is 3.80. The average molecular weight is 275 g/mol. The van der Waals surface area contributed by atoms with E-state index >= 15 is 0 Å². The van der Waals surface area contributed by atoms with Crippen molar-refractivity contribution in [3.05, 3.63) is 28.5 Å². The van der Waals surface area contributed by atoms with E-state index in [1.165, 1.54) is 0 Å². The minimum Gasteiger partial charge on any atom is -0.248 e. The summed E-state index contributed by atoms with van der Waals surface area (Å²) in [5, 5.41) is 0.697. The lowest BCUT2D eigenvalue weighted by Crippen LogP contribution is -1.77. The highest BCUT2D eigenvalue weighted by Gasteiger charge is 1.86. The van der Waals surface area contributed by atoms with E-state index in [-0.39, 0.29) is 0 Å². The van der Waals surface area contributed by atoms with E-state index in [4.69, 9.17) is 0 Å². The summed E-state index contributed by atoms with van der Waals surface area (Å²) in [5.41, 5.74) is 0.938. The Morgan fingerprint density at radius 3 is 2.82 bits per heavy atom. The fourth-order valence-corrected chi connectivity index (χ4v) is 0.960. The first-order chi connectivity index (χ1) is 5.33. The third-order valence-electron chi connectivity index (χ3n) is 1.03. The van der Waals surface area contributed by atoms with Crippen LogP contribution in [0.15, 0.2) is 22.9 Å². The quantitative estimate of drug-likeness (QED) is 0.403. The van der Waals surface area contributed by atoms with E-state index in [0.29, 0.717) is 5.33 Å². The zero-order valence-corrected chi connectivity index (χ0v) is 8.81. The van der Waals surface area contributed by atoms with Gasteiger partial charge in [-0.2, -0.15) is 0 Å². The van der Waals surface area contributed by atoms with Crippen LogP contribution < -0.4 is 0 Å². The minimum absolute atomic E-state index is 0.697. The van der Waals surface area contributed by atoms with Crippen molar-refractivity contribution in [3.8, 4) is 11.8 Å². The van der Waals surface area contributed by atoms with Crippen LogP contribution in [0.2, 0.25) is 0 Å². The van der Waals surface area contributed by atoms with Gasteiger partial charge in [-0.1, -0.05) is 27.8 Å². The molecule has 0 aromatic carbocycles. The maximum absolute atomic E-state index is 4.03. The first kappa shape index (κ1) is 8.76. The second kappa shape index (κ2) is 4.53. The minimum atomic E-state index is 0.697. The van der Waals surface area contributed by atoms with Crippen LogP contribution in [-0.4, -0.2) is 10.3 Å². The normalized spacial score (nSPS) is 8.55. The highest BCUT2D eigenvalue weighted by Crippen LogP contribution is 2.04. The SMILES string of the molecule is BrCC#Cc1ccc(Br)nc1. The van der Waals surface area contributed by atoms with Gasteiger partial charge in [-0.25, -0.2) is 4.98 Å². The highest BCUT2D eigenvalue weighted by molar-refractivity contribution is 9.10. The molecule has 1 heterocycles. The third kappa shape index (κ3) is 3.04. The van der Waals surface area contributed by atoms with Gasteiger partial charge in [0.25, 0.3) is 0 Å². The Morgan fingerprint density at radius 2 is 2.27 bits per heavy atom. The molecule has 0 atom stereocenters. The summed E-state index contributed by atoms with van der Waals surface area (Å²) in [7, 11) is 0. The van der Waals surface area contributed by atoms with Crippen molar-refractivity contribution in [2.75, 3.05) is 5.33 Å². The molecular weight excluding hydrogens is 270 g/mol. The lowest BCUT2D eigenvalue weighted by Gasteiger charge is -1.88. The second-order valence-corrected chi connectivity index (χ2v) is 3.18. The van der Waals surface area contributed by atoms with Gasteiger partial charge in [-0.05, 0) is 28.1 Å². The molecule has 56 valence electrons. The summed E-state index contributed by atoms with van der Waals surface area (Å²) in [6.45, 7) is 0. The smallest absolute Gasteiger partial charge is 0.106 e. The Morgan fingerprint density at radius 1 is 1.45 bits per heavy atom. The predicted molar refractivity (Wildman–Crippen MR) is 52.6 cm³/mol. The fourth-order valence-electron chi connectivity index (χ4n) is 0.585. The summed E-state index contributed by atoms with van der Waals surface area (Å²) in [4.78, 5) is 4.03. The Balaban J connectivity index is 2.82. The van der Waals surface area contributed by atoms with Crippen LogP contribution in [0, 0.1) is 11.8 Å². The van der Waals surface area contributed by atoms with Gasteiger partial charge >= 0.3 is 0 Å². The lowest BCUT2D eigenvalue weighted by atomic mass is 10.3. The largest absolute Gasteiger partial charge is 0.248 e. The average Bonchev–Trinajstić information content (AvgIpc) is 2.04. The first-order valence-electron chi connectivity index (χ1n) is 2.99. The van der Waals surface area contributed by atoms with E-state index < -0.39 is 0 Å². The second-order valence-electron chi connectivity index (χ2n) is 1.81. The molecule has 0 radical (unpaired) electrons. The van der Waals surface area contributed by atoms with Gasteiger partial charge in [0.05, 0.1) is 5.33 Å². The molecule has 0 aliphatic rings. The maximum Gasteiger partial charge on any atom is 0.106 e. The molecule has 1 rings (SSSR count). The van der Waals surface area contributed by atoms with Gasteiger partial charge < -0.3 is 0 Å². The van der Waals surface area contributed by atoms with Crippen molar-refractivity contribution in [2.45, 2.75) is 0 Å². The van der Waals surface area contributed by atoms with Crippen molar-refractivity contribution in [1.29, 1.82) is 0 Å². The maximum atomic E-state index is 4.03. The summed E-state index contributed by atoms with van der Waals surface area (Å²) in [5.74, 6) is 5.84. The number of hydrogen-bond acceptors (Lipinski definition) is 1. The predicted octanol–water partition coefficient (Wildman–Crippen LogP) is 2.59. The fraction of sp³-hybridized carbons (Fsp3) is 0.125. The molecule has 0 saturated heterocycles. The lowest BCUT2D eigenvalue weighted by molar-refractivity contribution is 1.26. The van der Waals surface area contributed by atoms with Crippen LogP contribution in [0.3, 0.4) is 0 Å². The number of rotatable bonds is 0. The molecule has 11 heavy (non-hydrogen) atoms. The highest BCUT2D eigenvalue weighted by atomic mass is 79.9. The molecule has 0 fully saturated rings. The third-order valence-corrected chi connectivity index (χ3v) is 1.78. The molecule has 0 aliphatic heterocycles. The van der Waals surface area contributed by atoms with E-state index in [9.17, 15) is 0 Å². The molecule has 3 heteroatoms. The number of halogens is 2. The Labute approximate surface area is 82.5 Å². The van der Waals surface area contributed by atoms with Gasteiger partial charge in [0, 0.05) is 11.8 Å². The van der Waals surface area contributed by atoms with Gasteiger partial charge in [0.1, 0.15) is 4.60 Å². The molecule has 1 aromatic heterocycles. The number of alkyl halides is 1. The molecular formula is C8H5Br2N. The van der Waals surface area contributed by atoms with Gasteiger partial charge in [0.2, 0.25) is 0 Å².